The van der Waals surface area contributed by atoms with Gasteiger partial charge in [-0.25, -0.2) is 4.39 Å². The molecule has 4 rings (SSSR count). The molecule has 0 radical (unpaired) electrons. The summed E-state index contributed by atoms with van der Waals surface area (Å²) in [5.41, 5.74) is 5.09. The largest absolute Gasteiger partial charge is 0.206 e. The summed E-state index contributed by atoms with van der Waals surface area (Å²) in [6, 6.07) is 19.8. The van der Waals surface area contributed by atoms with Gasteiger partial charge in [-0.3, -0.25) is 0 Å². The summed E-state index contributed by atoms with van der Waals surface area (Å²) in [4.78, 5) is 0. The molecule has 0 N–H and O–H groups in total. The first-order chi connectivity index (χ1) is 16.2. The van der Waals surface area contributed by atoms with Crippen molar-refractivity contribution in [2.75, 3.05) is 0 Å². The minimum Gasteiger partial charge on any atom is -0.206 e. The molecule has 3 aromatic rings. The third kappa shape index (κ3) is 6.25. The molecule has 0 heterocycles. The summed E-state index contributed by atoms with van der Waals surface area (Å²) >= 11 is 0. The van der Waals surface area contributed by atoms with Crippen LogP contribution < -0.4 is 0 Å². The number of benzene rings is 3. The Morgan fingerprint density at radius 3 is 2.18 bits per heavy atom. The van der Waals surface area contributed by atoms with E-state index in [4.69, 9.17) is 0 Å². The van der Waals surface area contributed by atoms with Crippen LogP contribution in [0.25, 0.3) is 10.8 Å². The molecule has 1 saturated carbocycles. The molecule has 33 heavy (non-hydrogen) atoms. The fourth-order valence-electron chi connectivity index (χ4n) is 5.74. The quantitative estimate of drug-likeness (QED) is 0.273. The molecular weight excluding hydrogens is 403 g/mol. The van der Waals surface area contributed by atoms with Crippen LogP contribution in [0.4, 0.5) is 4.39 Å². The Balaban J connectivity index is 1.34. The Kier molecular flexibility index (Phi) is 8.59. The molecule has 0 spiro atoms. The van der Waals surface area contributed by atoms with Crippen LogP contribution >= 0.6 is 0 Å². The van der Waals surface area contributed by atoms with Crippen molar-refractivity contribution >= 4 is 10.8 Å². The van der Waals surface area contributed by atoms with Crippen molar-refractivity contribution < 1.29 is 4.39 Å². The van der Waals surface area contributed by atoms with Crippen molar-refractivity contribution in [1.82, 2.24) is 0 Å². The van der Waals surface area contributed by atoms with Crippen LogP contribution in [-0.2, 0) is 19.3 Å². The third-order valence-electron chi connectivity index (χ3n) is 7.85. The summed E-state index contributed by atoms with van der Waals surface area (Å²) in [5, 5.41) is 1.80. The van der Waals surface area contributed by atoms with E-state index in [1.165, 1.54) is 61.6 Å². The fourth-order valence-corrected chi connectivity index (χ4v) is 5.74. The molecule has 1 aliphatic rings. The maximum Gasteiger partial charge on any atom is 0.134 e. The predicted molar refractivity (Wildman–Crippen MR) is 141 cm³/mol. The number of unbranched alkanes of at least 4 members (excludes halogenated alkanes) is 2. The molecule has 1 aliphatic carbocycles. The lowest BCUT2D eigenvalue weighted by Gasteiger charge is -2.28. The van der Waals surface area contributed by atoms with Crippen LogP contribution in [0.3, 0.4) is 0 Å². The summed E-state index contributed by atoms with van der Waals surface area (Å²) in [7, 11) is 0. The molecule has 3 aromatic carbocycles. The molecule has 0 amide bonds. The molecule has 0 unspecified atom stereocenters. The molecule has 0 nitrogen and oxygen atoms in total. The van der Waals surface area contributed by atoms with Crippen LogP contribution in [0.15, 0.2) is 54.6 Å². The molecular formula is C32H41F. The first-order valence-corrected chi connectivity index (χ1v) is 13.5. The van der Waals surface area contributed by atoms with Crippen LogP contribution in [-0.4, -0.2) is 0 Å². The SMILES string of the molecule is CCCCCc1ccc2cc(CCc3ccc(C4CCC(CCC)CC4)cc3)ccc2c1F. The molecule has 1 heteroatoms. The number of halogens is 1. The number of hydrogen-bond acceptors (Lipinski definition) is 0. The van der Waals surface area contributed by atoms with Gasteiger partial charge in [0.15, 0.2) is 0 Å². The van der Waals surface area contributed by atoms with Gasteiger partial charge in [0.05, 0.1) is 0 Å². The summed E-state index contributed by atoms with van der Waals surface area (Å²) < 4.78 is 14.9. The van der Waals surface area contributed by atoms with Crippen LogP contribution in [0, 0.1) is 11.7 Å². The van der Waals surface area contributed by atoms with Gasteiger partial charge in [0.25, 0.3) is 0 Å². The number of fused-ring (bicyclic) bond motifs is 1. The number of aryl methyl sites for hydroxylation is 3. The monoisotopic (exact) mass is 444 g/mol. The Bertz CT molecular complexity index is 1010. The maximum atomic E-state index is 14.9. The second kappa shape index (κ2) is 11.8. The van der Waals surface area contributed by atoms with Gasteiger partial charge in [-0.05, 0) is 90.8 Å². The minimum absolute atomic E-state index is 0.0190. The molecule has 0 aromatic heterocycles. The van der Waals surface area contributed by atoms with Gasteiger partial charge in [-0.2, -0.15) is 0 Å². The Morgan fingerprint density at radius 1 is 0.727 bits per heavy atom. The Labute approximate surface area is 200 Å². The lowest BCUT2D eigenvalue weighted by Crippen LogP contribution is -2.13. The van der Waals surface area contributed by atoms with Crippen molar-refractivity contribution in [3.05, 3.63) is 82.7 Å². The van der Waals surface area contributed by atoms with E-state index in [0.29, 0.717) is 0 Å². The summed E-state index contributed by atoms with van der Waals surface area (Å²) in [6.45, 7) is 4.50. The molecule has 0 bridgehead atoms. The zero-order valence-corrected chi connectivity index (χ0v) is 20.7. The lowest BCUT2D eigenvalue weighted by molar-refractivity contribution is 0.308. The van der Waals surface area contributed by atoms with Crippen LogP contribution in [0.5, 0.6) is 0 Å². The highest BCUT2D eigenvalue weighted by Gasteiger charge is 2.21. The van der Waals surface area contributed by atoms with Gasteiger partial charge >= 0.3 is 0 Å². The van der Waals surface area contributed by atoms with E-state index in [0.717, 1.165) is 60.3 Å². The molecule has 176 valence electrons. The Hall–Kier alpha value is -2.15. The number of hydrogen-bond donors (Lipinski definition) is 0. The average molecular weight is 445 g/mol. The first kappa shape index (κ1) is 24.0. The van der Waals surface area contributed by atoms with Crippen molar-refractivity contribution in [3.8, 4) is 0 Å². The van der Waals surface area contributed by atoms with Gasteiger partial charge in [0.1, 0.15) is 5.82 Å². The molecule has 0 aliphatic heterocycles. The lowest BCUT2D eigenvalue weighted by atomic mass is 9.77. The zero-order valence-electron chi connectivity index (χ0n) is 20.7. The fraction of sp³-hybridized carbons (Fsp3) is 0.500. The van der Waals surface area contributed by atoms with Gasteiger partial charge < -0.3 is 0 Å². The maximum absolute atomic E-state index is 14.9. The second-order valence-corrected chi connectivity index (χ2v) is 10.3. The van der Waals surface area contributed by atoms with Crippen molar-refractivity contribution in [2.24, 2.45) is 5.92 Å². The highest BCUT2D eigenvalue weighted by atomic mass is 19.1. The Morgan fingerprint density at radius 2 is 1.45 bits per heavy atom. The normalized spacial score (nSPS) is 18.6. The summed E-state index contributed by atoms with van der Waals surface area (Å²) in [5.74, 6) is 1.71. The first-order valence-electron chi connectivity index (χ1n) is 13.5. The van der Waals surface area contributed by atoms with E-state index in [-0.39, 0.29) is 5.82 Å². The highest BCUT2D eigenvalue weighted by Crippen LogP contribution is 2.37. The van der Waals surface area contributed by atoms with E-state index in [1.54, 1.807) is 0 Å². The van der Waals surface area contributed by atoms with Crippen LogP contribution in [0.1, 0.15) is 99.8 Å². The van der Waals surface area contributed by atoms with E-state index < -0.39 is 0 Å². The van der Waals surface area contributed by atoms with E-state index in [9.17, 15) is 4.39 Å². The predicted octanol–water partition coefficient (Wildman–Crippen LogP) is 9.57. The molecule has 0 atom stereocenters. The molecule has 0 saturated heterocycles. The van der Waals surface area contributed by atoms with Gasteiger partial charge in [0, 0.05) is 5.39 Å². The van der Waals surface area contributed by atoms with E-state index in [2.05, 4.69) is 56.3 Å². The van der Waals surface area contributed by atoms with Crippen LogP contribution in [0.2, 0.25) is 0 Å². The van der Waals surface area contributed by atoms with Crippen molar-refractivity contribution in [1.29, 1.82) is 0 Å². The standard InChI is InChI=1S/C32H41F/c1-3-5-6-8-29-20-21-30-23-26(15-22-31(30)32(29)33)10-9-25-13-18-28(19-14-25)27-16-11-24(7-4-2)12-17-27/h13-15,18-24,27H,3-12,16-17H2,1-2H3. The topological polar surface area (TPSA) is 0 Å². The zero-order chi connectivity index (χ0) is 23.0. The van der Waals surface area contributed by atoms with Gasteiger partial charge in [-0.15, -0.1) is 0 Å². The summed E-state index contributed by atoms with van der Waals surface area (Å²) in [6.07, 6.45) is 14.5. The second-order valence-electron chi connectivity index (χ2n) is 10.3. The van der Waals surface area contributed by atoms with Crippen molar-refractivity contribution in [2.45, 2.75) is 96.8 Å². The minimum atomic E-state index is -0.0190. The molecule has 1 fully saturated rings. The third-order valence-corrected chi connectivity index (χ3v) is 7.85. The highest BCUT2D eigenvalue weighted by molar-refractivity contribution is 5.84. The number of rotatable bonds is 10. The van der Waals surface area contributed by atoms with Gasteiger partial charge in [-0.1, -0.05) is 94.1 Å². The van der Waals surface area contributed by atoms with Gasteiger partial charge in [0.2, 0.25) is 0 Å². The average Bonchev–Trinajstić information content (AvgIpc) is 2.85. The van der Waals surface area contributed by atoms with E-state index in [1.807, 2.05) is 12.1 Å². The van der Waals surface area contributed by atoms with Crippen molar-refractivity contribution in [3.63, 3.8) is 0 Å². The smallest absolute Gasteiger partial charge is 0.134 e. The van der Waals surface area contributed by atoms with E-state index >= 15 is 0 Å².